The van der Waals surface area contributed by atoms with E-state index in [4.69, 9.17) is 34.4 Å². The predicted octanol–water partition coefficient (Wildman–Crippen LogP) is 7.09. The number of carbonyl (C=O) groups is 2. The van der Waals surface area contributed by atoms with Crippen LogP contribution in [-0.4, -0.2) is 80.7 Å². The van der Waals surface area contributed by atoms with Gasteiger partial charge in [-0.3, -0.25) is 19.6 Å². The maximum atomic E-state index is 13.7. The average molecular weight is 726 g/mol. The third-order valence-electron chi connectivity index (χ3n) is 9.97. The molecule has 274 valence electrons. The first kappa shape index (κ1) is 34.5. The Morgan fingerprint density at radius 1 is 0.630 bits per heavy atom. The van der Waals surface area contributed by atoms with Crippen LogP contribution in [0.25, 0.3) is 11.1 Å². The molecule has 4 aliphatic heterocycles. The topological polar surface area (TPSA) is 138 Å². The smallest absolute Gasteiger partial charge is 0.260 e. The summed E-state index contributed by atoms with van der Waals surface area (Å²) in [4.78, 5) is 40.3. The van der Waals surface area contributed by atoms with Crippen LogP contribution in [0, 0.1) is 0 Å². The van der Waals surface area contributed by atoms with E-state index in [0.29, 0.717) is 83.7 Å². The van der Waals surface area contributed by atoms with Gasteiger partial charge in [0.25, 0.3) is 11.8 Å². The van der Waals surface area contributed by atoms with Gasteiger partial charge in [0.15, 0.2) is 23.0 Å². The predicted molar refractivity (Wildman–Crippen MR) is 207 cm³/mol. The van der Waals surface area contributed by atoms with Gasteiger partial charge in [0, 0.05) is 61.9 Å². The van der Waals surface area contributed by atoms with E-state index < -0.39 is 0 Å². The lowest BCUT2D eigenvalue weighted by molar-refractivity contribution is 0.0809. The Bertz CT molecular complexity index is 2240. The molecule has 54 heavy (non-hydrogen) atoms. The summed E-state index contributed by atoms with van der Waals surface area (Å²) in [5, 5.41) is 0. The van der Waals surface area contributed by atoms with Gasteiger partial charge in [0.05, 0.1) is 69.1 Å². The van der Waals surface area contributed by atoms with Gasteiger partial charge in [-0.1, -0.05) is 24.3 Å². The molecular weight excluding hydrogens is 686 g/mol. The van der Waals surface area contributed by atoms with Crippen molar-refractivity contribution in [1.82, 2.24) is 9.80 Å². The van der Waals surface area contributed by atoms with E-state index in [1.54, 1.807) is 54.5 Å². The Morgan fingerprint density at radius 3 is 1.54 bits per heavy atom. The van der Waals surface area contributed by atoms with E-state index in [1.807, 2.05) is 67.1 Å². The fourth-order valence-electron chi connectivity index (χ4n) is 7.07. The molecule has 0 spiro atoms. The summed E-state index contributed by atoms with van der Waals surface area (Å²) in [6, 6.07) is 21.9. The SMILES string of the molecule is COc1ccc(C2=CN3C(=O)c4cc(OC)c(OCCCOc5cc6c(cc5OC)C(=O)N5C=C(c7ccc(N)cc7)C[C@H]5C=N6)cc4N=CC3C2)cc1. The Morgan fingerprint density at radius 2 is 1.09 bits per heavy atom. The number of benzene rings is 4. The third-order valence-corrected chi connectivity index (χ3v) is 9.97. The molecule has 2 amide bonds. The molecule has 2 N–H and O–H groups in total. The largest absolute Gasteiger partial charge is 0.497 e. The van der Waals surface area contributed by atoms with Crippen LogP contribution in [0.1, 0.15) is 51.1 Å². The second-order valence-electron chi connectivity index (χ2n) is 13.3. The number of rotatable bonds is 11. The number of anilines is 1. The lowest BCUT2D eigenvalue weighted by Crippen LogP contribution is -2.32. The van der Waals surface area contributed by atoms with Gasteiger partial charge in [0.2, 0.25) is 0 Å². The maximum absolute atomic E-state index is 13.7. The van der Waals surface area contributed by atoms with Crippen LogP contribution in [0.4, 0.5) is 17.1 Å². The summed E-state index contributed by atoms with van der Waals surface area (Å²) in [6.45, 7) is 0.609. The Balaban J connectivity index is 0.909. The number of amides is 2. The standard InChI is InChI=1S/C42H39N5O7/c1-50-32-11-7-26(8-12-32)28-16-31-22-45-36-20-40(38(52-3)18-34(36)42(49)47(31)24-28)54-14-4-13-53-39-19-35-33(17-37(39)51-2)41(48)46-23-27(15-30(46)21-44-35)25-5-9-29(43)10-6-25/h5-12,17-24,30-31H,4,13-16,43H2,1-3H3/t30-,31?/m0/s1. The van der Waals surface area contributed by atoms with E-state index in [-0.39, 0.29) is 23.9 Å². The summed E-state index contributed by atoms with van der Waals surface area (Å²) >= 11 is 0. The Labute approximate surface area is 312 Å². The zero-order valence-electron chi connectivity index (χ0n) is 30.2. The van der Waals surface area contributed by atoms with Gasteiger partial charge in [-0.25, -0.2) is 0 Å². The fourth-order valence-corrected chi connectivity index (χ4v) is 7.07. The molecule has 1 unspecified atom stereocenters. The van der Waals surface area contributed by atoms with Gasteiger partial charge in [-0.15, -0.1) is 0 Å². The highest BCUT2D eigenvalue weighted by Gasteiger charge is 2.35. The molecule has 4 aliphatic rings. The molecular formula is C42H39N5O7. The number of hydrogen-bond donors (Lipinski definition) is 1. The van der Waals surface area contributed by atoms with Crippen LogP contribution in [0.2, 0.25) is 0 Å². The molecule has 0 aromatic heterocycles. The number of ether oxygens (including phenoxy) is 5. The van der Waals surface area contributed by atoms with Gasteiger partial charge < -0.3 is 39.2 Å². The summed E-state index contributed by atoms with van der Waals surface area (Å²) in [6.07, 6.45) is 9.22. The number of carbonyl (C=O) groups excluding carboxylic acids is 2. The number of hydrogen-bond acceptors (Lipinski definition) is 10. The third kappa shape index (κ3) is 6.51. The first-order valence-corrected chi connectivity index (χ1v) is 17.7. The number of nitrogens with zero attached hydrogens (tertiary/aromatic N) is 4. The fraction of sp³-hybridized carbons (Fsp3) is 0.238. The zero-order chi connectivity index (χ0) is 37.3. The van der Waals surface area contributed by atoms with Crippen LogP contribution in [0.5, 0.6) is 28.7 Å². The first-order valence-electron chi connectivity index (χ1n) is 17.7. The quantitative estimate of drug-likeness (QED) is 0.128. The lowest BCUT2D eigenvalue weighted by atomic mass is 10.0. The minimum atomic E-state index is -0.203. The van der Waals surface area contributed by atoms with Crippen LogP contribution in [0.3, 0.4) is 0 Å². The lowest BCUT2D eigenvalue weighted by Gasteiger charge is -2.19. The molecule has 0 fully saturated rings. The van der Waals surface area contributed by atoms with Crippen molar-refractivity contribution >= 4 is 52.5 Å². The van der Waals surface area contributed by atoms with E-state index in [0.717, 1.165) is 28.0 Å². The first-order chi connectivity index (χ1) is 26.3. The molecule has 4 aromatic carbocycles. The van der Waals surface area contributed by atoms with Crippen LogP contribution in [-0.2, 0) is 0 Å². The van der Waals surface area contributed by atoms with Gasteiger partial charge in [-0.2, -0.15) is 0 Å². The molecule has 4 aromatic rings. The molecule has 0 bridgehead atoms. The minimum absolute atomic E-state index is 0.158. The van der Waals surface area contributed by atoms with Crippen molar-refractivity contribution in [2.24, 2.45) is 9.98 Å². The molecule has 0 saturated heterocycles. The minimum Gasteiger partial charge on any atom is -0.497 e. The highest BCUT2D eigenvalue weighted by molar-refractivity contribution is 6.06. The van der Waals surface area contributed by atoms with Crippen molar-refractivity contribution in [1.29, 1.82) is 0 Å². The molecule has 0 radical (unpaired) electrons. The summed E-state index contributed by atoms with van der Waals surface area (Å²) in [5.41, 5.74) is 12.6. The van der Waals surface area contributed by atoms with E-state index >= 15 is 0 Å². The van der Waals surface area contributed by atoms with Crippen LogP contribution >= 0.6 is 0 Å². The van der Waals surface area contributed by atoms with Crippen molar-refractivity contribution in [3.8, 4) is 28.7 Å². The molecule has 0 aliphatic carbocycles. The van der Waals surface area contributed by atoms with Crippen molar-refractivity contribution in [3.05, 3.63) is 107 Å². The highest BCUT2D eigenvalue weighted by atomic mass is 16.5. The number of nitrogen functional groups attached to an aromatic ring is 1. The van der Waals surface area contributed by atoms with E-state index in [9.17, 15) is 9.59 Å². The number of methoxy groups -OCH3 is 3. The molecule has 0 saturated carbocycles. The molecule has 4 heterocycles. The summed E-state index contributed by atoms with van der Waals surface area (Å²) in [7, 11) is 4.72. The normalized spacial score (nSPS) is 18.1. The number of nitrogens with two attached hydrogens (primary N) is 1. The van der Waals surface area contributed by atoms with E-state index in [1.165, 1.54) is 7.11 Å². The second-order valence-corrected chi connectivity index (χ2v) is 13.3. The summed E-state index contributed by atoms with van der Waals surface area (Å²) in [5.74, 6) is 2.27. The second kappa shape index (κ2) is 14.5. The summed E-state index contributed by atoms with van der Waals surface area (Å²) < 4.78 is 28.8. The van der Waals surface area contributed by atoms with Gasteiger partial charge in [-0.05, 0) is 58.7 Å². The van der Waals surface area contributed by atoms with Gasteiger partial charge in [0.1, 0.15) is 5.75 Å². The van der Waals surface area contributed by atoms with Crippen molar-refractivity contribution < 1.29 is 33.3 Å². The maximum Gasteiger partial charge on any atom is 0.260 e. The van der Waals surface area contributed by atoms with Crippen molar-refractivity contribution in [2.45, 2.75) is 31.3 Å². The number of fused-ring (bicyclic) bond motifs is 4. The Hall–Kier alpha value is -6.56. The average Bonchev–Trinajstić information content (AvgIpc) is 3.78. The number of aliphatic imine (C=N–C) groups is 2. The highest BCUT2D eigenvalue weighted by Crippen LogP contribution is 2.42. The molecule has 12 nitrogen and oxygen atoms in total. The van der Waals surface area contributed by atoms with Gasteiger partial charge >= 0.3 is 0 Å². The van der Waals surface area contributed by atoms with Crippen molar-refractivity contribution in [2.75, 3.05) is 40.3 Å². The zero-order valence-corrected chi connectivity index (χ0v) is 30.2. The Kier molecular flexibility index (Phi) is 9.24. The molecule has 12 heteroatoms. The molecule has 2 atom stereocenters. The van der Waals surface area contributed by atoms with Crippen LogP contribution in [0.15, 0.2) is 95.2 Å². The van der Waals surface area contributed by atoms with Crippen LogP contribution < -0.4 is 29.4 Å². The monoisotopic (exact) mass is 725 g/mol. The molecule has 8 rings (SSSR count). The van der Waals surface area contributed by atoms with E-state index in [2.05, 4.69) is 4.99 Å². The van der Waals surface area contributed by atoms with Crippen molar-refractivity contribution in [3.63, 3.8) is 0 Å².